The molecule has 0 saturated heterocycles. The van der Waals surface area contributed by atoms with E-state index in [2.05, 4.69) is 6.58 Å². The molecule has 2 rings (SSSR count). The molecule has 0 amide bonds. The van der Waals surface area contributed by atoms with Gasteiger partial charge in [-0.15, -0.1) is 6.58 Å². The van der Waals surface area contributed by atoms with Gasteiger partial charge >= 0.3 is 70.5 Å². The molecule has 2 aromatic heterocycles. The molecule has 0 aliphatic carbocycles. The van der Waals surface area contributed by atoms with Gasteiger partial charge in [0.05, 0.1) is 24.3 Å². The Morgan fingerprint density at radius 2 is 1.03 bits per heavy atom. The predicted octanol–water partition coefficient (Wildman–Crippen LogP) is -5.65. The van der Waals surface area contributed by atoms with E-state index in [4.69, 9.17) is 37.4 Å². The summed E-state index contributed by atoms with van der Waals surface area (Å²) in [5.41, 5.74) is -2.36. The summed E-state index contributed by atoms with van der Waals surface area (Å²) in [6.45, 7) is 14.6. The number of aldehydes is 1. The van der Waals surface area contributed by atoms with Gasteiger partial charge in [0.2, 0.25) is 0 Å². The van der Waals surface area contributed by atoms with Crippen molar-refractivity contribution in [1.29, 1.82) is 0 Å². The van der Waals surface area contributed by atoms with E-state index in [1.54, 1.807) is 19.9 Å². The number of carbonyl (C=O) groups excluding carboxylic acids is 3. The van der Waals surface area contributed by atoms with Crippen LogP contribution < -0.4 is 74.5 Å². The zero-order valence-corrected chi connectivity index (χ0v) is 47.1. The Bertz CT molecular complexity index is 1820. The minimum atomic E-state index is -6.06. The van der Waals surface area contributed by atoms with Gasteiger partial charge in [-0.25, -0.2) is 27.2 Å². The number of hydrogen-bond acceptors (Lipinski definition) is 15. The van der Waals surface area contributed by atoms with E-state index < -0.39 is 94.1 Å². The maximum atomic E-state index is 13.1. The van der Waals surface area contributed by atoms with Gasteiger partial charge in [0.1, 0.15) is 38.5 Å². The fraction of sp³-hybridized carbons (Fsp3) is 0.545. The average Bonchev–Trinajstić information content (AvgIpc) is 3.03. The molecule has 2 atom stereocenters. The number of rotatable bonds is 16. The summed E-state index contributed by atoms with van der Waals surface area (Å²) in [6, 6.07) is 0.273. The molecule has 2 aromatic rings. The first-order valence-electron chi connectivity index (χ1n) is 16.3. The third kappa shape index (κ3) is 32.0. The first kappa shape index (κ1) is 68.7. The molecule has 0 spiro atoms. The number of carbonyl (C=O) groups is 3. The van der Waals surface area contributed by atoms with Crippen molar-refractivity contribution in [2.75, 3.05) is 13.2 Å². The standard InChI is InChI=1S/C17H23F2NO3.C16H21F2NO4.IO4.2K.Na.4O.Os/c1-5-7-12-9-13(15(18)19)16(21)20(10-12)14(8-11(3)4)17(22)23-6-2;1-4-23-16(22)13(7-10(2)3)19-9-11(5-6-20)8-12(14(17)18)15(19)21;2-1(3,4)5;;;;;;;;/h5,9-11,14-15H,1,6-8H2,2-4H3;6,8-10,13-14H,4-5,7H2,1-3H3;;;;;;;;;/q;;-1;;;+1;;;;;. The van der Waals surface area contributed by atoms with Crippen LogP contribution in [0.1, 0.15) is 102 Å². The van der Waals surface area contributed by atoms with Crippen molar-refractivity contribution in [2.45, 2.75) is 92.2 Å². The van der Waals surface area contributed by atoms with Crippen LogP contribution in [0.4, 0.5) is 17.6 Å². The van der Waals surface area contributed by atoms with E-state index in [1.165, 1.54) is 18.5 Å². The van der Waals surface area contributed by atoms with Crippen LogP contribution >= 0.6 is 0 Å². The third-order valence-corrected chi connectivity index (χ3v) is 6.60. The molecule has 17 nitrogen and oxygen atoms in total. The van der Waals surface area contributed by atoms with Crippen LogP contribution in [-0.2, 0) is 65.7 Å². The molecule has 0 bridgehead atoms. The molecule has 0 saturated carbocycles. The van der Waals surface area contributed by atoms with Crippen molar-refractivity contribution < 1.29 is 134 Å². The Balaban J connectivity index is -0.000000257. The van der Waals surface area contributed by atoms with Gasteiger partial charge in [-0.1, -0.05) is 33.8 Å². The number of halogens is 5. The van der Waals surface area contributed by atoms with Crippen LogP contribution in [0.3, 0.4) is 0 Å². The van der Waals surface area contributed by atoms with E-state index in [1.807, 2.05) is 27.7 Å². The van der Waals surface area contributed by atoms with Gasteiger partial charge in [0, 0.05) is 122 Å². The fourth-order valence-corrected chi connectivity index (χ4v) is 4.65. The Morgan fingerprint density at radius 3 is 1.25 bits per heavy atom. The zero-order valence-electron chi connectivity index (χ0n) is 34.1. The Kier molecular flexibility index (Phi) is 40.7. The minimum absolute atomic E-state index is 0. The molecule has 322 valence electrons. The van der Waals surface area contributed by atoms with Crippen molar-refractivity contribution in [2.24, 2.45) is 11.8 Å². The van der Waals surface area contributed by atoms with Crippen LogP contribution in [-0.4, -0.2) is 143 Å². The molecular formula is C33H44F4IK2N2NaO15Os. The summed E-state index contributed by atoms with van der Waals surface area (Å²) in [6.07, 6.45) is -0.225. The van der Waals surface area contributed by atoms with Crippen LogP contribution in [0.5, 0.6) is 0 Å². The Morgan fingerprint density at radius 1 is 0.746 bits per heavy atom. The topological polar surface area (TPSA) is 274 Å². The van der Waals surface area contributed by atoms with E-state index >= 15 is 0 Å². The molecule has 0 aliphatic heterocycles. The SMILES string of the molecule is C=CCc1cc(C(F)F)c(=O)n(C(CC(C)C)C(=O)OCC)c1.CCOC(=O)C(CC(C)C)n1cc(CC=O)cc(C(F)F)c1=O.[K].[K].[Na+].[O-][I+3]([O-])([O-])[O-].[O]=[Os](=[O])(=[O])=[O]. The summed E-state index contributed by atoms with van der Waals surface area (Å²) >= 11 is -12.0. The second kappa shape index (κ2) is 35.0. The molecule has 59 heavy (non-hydrogen) atoms. The van der Waals surface area contributed by atoms with E-state index in [-0.39, 0.29) is 176 Å². The van der Waals surface area contributed by atoms with Crippen molar-refractivity contribution >= 4 is 121 Å². The average molecular weight is 1200 g/mol. The molecule has 0 aliphatic rings. The van der Waals surface area contributed by atoms with Crippen molar-refractivity contribution in [3.63, 3.8) is 0 Å². The molecule has 2 unspecified atom stereocenters. The summed E-state index contributed by atoms with van der Waals surface area (Å²) in [4.78, 5) is 59.6. The summed E-state index contributed by atoms with van der Waals surface area (Å²) < 4.78 is 133. The number of ether oxygens (including phenoxy) is 2. The number of esters is 2. The van der Waals surface area contributed by atoms with E-state index in [0.29, 0.717) is 24.7 Å². The van der Waals surface area contributed by atoms with Crippen molar-refractivity contribution in [3.8, 4) is 0 Å². The fourth-order valence-electron chi connectivity index (χ4n) is 4.65. The second-order valence-corrected chi connectivity index (χ2v) is 16.7. The normalized spacial score (nSPS) is 11.7. The maximum absolute atomic E-state index is 13.1. The van der Waals surface area contributed by atoms with Gasteiger partial charge in [-0.05, 0) is 68.2 Å². The molecule has 0 fully saturated rings. The van der Waals surface area contributed by atoms with Crippen LogP contribution in [0.2, 0.25) is 0 Å². The quantitative estimate of drug-likeness (QED) is 0.0379. The van der Waals surface area contributed by atoms with Crippen LogP contribution in [0, 0.1) is 11.8 Å². The number of nitrogens with zero attached hydrogens (tertiary/aromatic N) is 2. The van der Waals surface area contributed by atoms with Gasteiger partial charge < -0.3 is 23.4 Å². The van der Waals surface area contributed by atoms with E-state index in [0.717, 1.165) is 15.2 Å². The van der Waals surface area contributed by atoms with Crippen molar-refractivity contribution in [3.05, 3.63) is 80.1 Å². The number of hydrogen-bond donors (Lipinski definition) is 0. The number of alkyl halides is 4. The first-order chi connectivity index (χ1) is 25.6. The molecule has 0 aromatic carbocycles. The van der Waals surface area contributed by atoms with Crippen molar-refractivity contribution in [1.82, 2.24) is 9.13 Å². The van der Waals surface area contributed by atoms with Gasteiger partial charge in [-0.3, -0.25) is 23.3 Å². The third-order valence-electron chi connectivity index (χ3n) is 6.60. The molecule has 26 heteroatoms. The van der Waals surface area contributed by atoms with Gasteiger partial charge in [0.25, 0.3) is 24.0 Å². The second-order valence-electron chi connectivity index (χ2n) is 12.0. The van der Waals surface area contributed by atoms with Crippen LogP contribution in [0.15, 0.2) is 46.8 Å². The van der Waals surface area contributed by atoms with E-state index in [9.17, 15) is 41.5 Å². The summed E-state index contributed by atoms with van der Waals surface area (Å²) in [5.74, 6) is -1.10. The molecule has 0 N–H and O–H groups in total. The van der Waals surface area contributed by atoms with Gasteiger partial charge in [-0.2, -0.15) is 0 Å². The number of allylic oxidation sites excluding steroid dienone is 1. The molecular weight excluding hydrogens is 1160 g/mol. The van der Waals surface area contributed by atoms with Gasteiger partial charge in [0.15, 0.2) is 0 Å². The number of pyridine rings is 2. The molecule has 2 radical (unpaired) electrons. The monoisotopic (exact) mass is 1200 g/mol. The zero-order chi connectivity index (χ0) is 44.1. The van der Waals surface area contributed by atoms with Crippen LogP contribution in [0.25, 0.3) is 0 Å². The number of aromatic nitrogens is 2. The molecule has 2 heterocycles. The predicted molar refractivity (Wildman–Crippen MR) is 179 cm³/mol. The summed E-state index contributed by atoms with van der Waals surface area (Å²) in [5, 5.41) is 0. The summed E-state index contributed by atoms with van der Waals surface area (Å²) in [7, 11) is 0. The first-order valence-corrected chi connectivity index (χ1v) is 23.9. The Labute approximate surface area is 453 Å². The Hall–Kier alpha value is 0.649.